The molecule has 0 radical (unpaired) electrons. The summed E-state index contributed by atoms with van der Waals surface area (Å²) in [4.78, 5) is 13.6. The fourth-order valence-electron chi connectivity index (χ4n) is 1.63. The number of rotatable bonds is 6. The number of benzene rings is 1. The van der Waals surface area contributed by atoms with Gasteiger partial charge in [0.05, 0.1) is 0 Å². The molecular weight excluding hydrogens is 238 g/mol. The molecule has 0 fully saturated rings. The molecule has 0 aliphatic carbocycles. The van der Waals surface area contributed by atoms with Crippen LogP contribution in [0.1, 0.15) is 17.5 Å². The van der Waals surface area contributed by atoms with Gasteiger partial charge in [0.2, 0.25) is 0 Å². The van der Waals surface area contributed by atoms with E-state index in [1.54, 1.807) is 6.20 Å². The number of hydrogen-bond donors (Lipinski definition) is 2. The van der Waals surface area contributed by atoms with Crippen molar-refractivity contribution in [2.75, 3.05) is 27.2 Å². The molecule has 0 aromatic heterocycles. The molecule has 0 saturated carbocycles. The fourth-order valence-corrected chi connectivity index (χ4v) is 1.63. The monoisotopic (exact) mass is 261 g/mol. The first-order valence-electron chi connectivity index (χ1n) is 6.51. The van der Waals surface area contributed by atoms with Gasteiger partial charge in [0.25, 0.3) is 0 Å². The highest BCUT2D eigenvalue weighted by Crippen LogP contribution is 2.07. The lowest BCUT2D eigenvalue weighted by Crippen LogP contribution is -2.33. The summed E-state index contributed by atoms with van der Waals surface area (Å²) in [6, 6.07) is 7.87. The van der Waals surface area contributed by atoms with E-state index in [2.05, 4.69) is 15.5 Å². The molecule has 1 aromatic rings. The Kier molecular flexibility index (Phi) is 6.68. The highest BCUT2D eigenvalue weighted by atomic mass is 16.2. The van der Waals surface area contributed by atoms with Crippen molar-refractivity contribution in [3.8, 4) is 0 Å². The van der Waals surface area contributed by atoms with Crippen molar-refractivity contribution in [2.45, 2.75) is 13.3 Å². The van der Waals surface area contributed by atoms with Gasteiger partial charge in [-0.1, -0.05) is 24.3 Å². The third kappa shape index (κ3) is 6.62. The number of nitrogens with zero attached hydrogens (tertiary/aromatic N) is 1. The quantitative estimate of drug-likeness (QED) is 0.771. The molecule has 0 unspecified atom stereocenters. The van der Waals surface area contributed by atoms with E-state index < -0.39 is 0 Å². The van der Waals surface area contributed by atoms with Crippen LogP contribution in [0.5, 0.6) is 0 Å². The Balaban J connectivity index is 2.25. The predicted octanol–water partition coefficient (Wildman–Crippen LogP) is 2.22. The van der Waals surface area contributed by atoms with E-state index >= 15 is 0 Å². The molecule has 0 aliphatic rings. The first-order valence-corrected chi connectivity index (χ1v) is 6.51. The van der Waals surface area contributed by atoms with E-state index in [9.17, 15) is 4.79 Å². The lowest BCUT2D eigenvalue weighted by atomic mass is 10.1. The average molecular weight is 261 g/mol. The number of aryl methyl sites for hydroxylation is 1. The van der Waals surface area contributed by atoms with Gasteiger partial charge in [-0.05, 0) is 51.2 Å². The van der Waals surface area contributed by atoms with Crippen LogP contribution in [0.15, 0.2) is 30.5 Å². The third-order valence-corrected chi connectivity index (χ3v) is 2.73. The summed E-state index contributed by atoms with van der Waals surface area (Å²) in [6.07, 6.45) is 4.51. The Morgan fingerprint density at radius 2 is 2.05 bits per heavy atom. The number of amides is 2. The molecule has 0 atom stereocenters. The van der Waals surface area contributed by atoms with Crippen LogP contribution in [0.4, 0.5) is 4.79 Å². The molecule has 0 bridgehead atoms. The van der Waals surface area contributed by atoms with E-state index in [4.69, 9.17) is 0 Å². The van der Waals surface area contributed by atoms with Gasteiger partial charge in [-0.2, -0.15) is 0 Å². The van der Waals surface area contributed by atoms with Crippen molar-refractivity contribution in [2.24, 2.45) is 0 Å². The topological polar surface area (TPSA) is 44.4 Å². The first kappa shape index (κ1) is 15.2. The average Bonchev–Trinajstić information content (AvgIpc) is 2.37. The Morgan fingerprint density at radius 1 is 1.32 bits per heavy atom. The van der Waals surface area contributed by atoms with Crippen LogP contribution in [-0.2, 0) is 0 Å². The lowest BCUT2D eigenvalue weighted by molar-refractivity contribution is 0.243. The molecule has 0 spiro atoms. The van der Waals surface area contributed by atoms with E-state index in [0.717, 1.165) is 18.5 Å². The standard InChI is InChI=1S/C15H23N3O/c1-13-7-4-5-8-14(13)9-11-17-15(19)16-10-6-12-18(2)3/h4-5,7-9,11H,6,10,12H2,1-3H3,(H2,16,17,19)/b11-9+. The maximum absolute atomic E-state index is 11.5. The van der Waals surface area contributed by atoms with Gasteiger partial charge >= 0.3 is 6.03 Å². The summed E-state index contributed by atoms with van der Waals surface area (Å²) in [5, 5.41) is 5.51. The Hall–Kier alpha value is -1.81. The first-order chi connectivity index (χ1) is 9.09. The molecule has 2 N–H and O–H groups in total. The van der Waals surface area contributed by atoms with Crippen LogP contribution in [0.2, 0.25) is 0 Å². The summed E-state index contributed by atoms with van der Waals surface area (Å²) < 4.78 is 0. The second kappa shape index (κ2) is 8.32. The van der Waals surface area contributed by atoms with Crippen molar-refractivity contribution in [1.29, 1.82) is 0 Å². The van der Waals surface area contributed by atoms with E-state index in [0.29, 0.717) is 6.54 Å². The van der Waals surface area contributed by atoms with Crippen molar-refractivity contribution in [3.63, 3.8) is 0 Å². The Morgan fingerprint density at radius 3 is 2.74 bits per heavy atom. The van der Waals surface area contributed by atoms with Gasteiger partial charge in [0, 0.05) is 12.7 Å². The zero-order valence-corrected chi connectivity index (χ0v) is 11.9. The van der Waals surface area contributed by atoms with Crippen LogP contribution in [0.25, 0.3) is 6.08 Å². The molecule has 1 aromatic carbocycles. The molecule has 2 amide bonds. The minimum atomic E-state index is -0.163. The molecule has 4 heteroatoms. The maximum atomic E-state index is 11.5. The smallest absolute Gasteiger partial charge is 0.318 e. The van der Waals surface area contributed by atoms with Crippen molar-refractivity contribution in [3.05, 3.63) is 41.6 Å². The fraction of sp³-hybridized carbons (Fsp3) is 0.400. The number of carbonyl (C=O) groups excluding carboxylic acids is 1. The Bertz CT molecular complexity index is 427. The predicted molar refractivity (Wildman–Crippen MR) is 79.9 cm³/mol. The highest BCUT2D eigenvalue weighted by molar-refractivity contribution is 5.75. The molecule has 0 aliphatic heterocycles. The number of carbonyl (C=O) groups is 1. The van der Waals surface area contributed by atoms with Gasteiger partial charge in [-0.3, -0.25) is 0 Å². The lowest BCUT2D eigenvalue weighted by Gasteiger charge is -2.09. The number of hydrogen-bond acceptors (Lipinski definition) is 2. The second-order valence-corrected chi connectivity index (χ2v) is 4.75. The zero-order valence-electron chi connectivity index (χ0n) is 11.9. The zero-order chi connectivity index (χ0) is 14.1. The minimum Gasteiger partial charge on any atom is -0.338 e. The summed E-state index contributed by atoms with van der Waals surface area (Å²) in [6.45, 7) is 3.70. The normalized spacial score (nSPS) is 10.9. The number of urea groups is 1. The van der Waals surface area contributed by atoms with Gasteiger partial charge in [-0.15, -0.1) is 0 Å². The summed E-state index contributed by atoms with van der Waals surface area (Å²) in [5.41, 5.74) is 2.29. The maximum Gasteiger partial charge on any atom is 0.318 e. The van der Waals surface area contributed by atoms with Crippen LogP contribution in [-0.4, -0.2) is 38.1 Å². The largest absolute Gasteiger partial charge is 0.338 e. The molecule has 1 rings (SSSR count). The van der Waals surface area contributed by atoms with Crippen molar-refractivity contribution in [1.82, 2.24) is 15.5 Å². The second-order valence-electron chi connectivity index (χ2n) is 4.75. The third-order valence-electron chi connectivity index (χ3n) is 2.73. The van der Waals surface area contributed by atoms with Gasteiger partial charge in [0.15, 0.2) is 0 Å². The summed E-state index contributed by atoms with van der Waals surface area (Å²) in [5.74, 6) is 0. The van der Waals surface area contributed by atoms with Crippen LogP contribution >= 0.6 is 0 Å². The minimum absolute atomic E-state index is 0.163. The van der Waals surface area contributed by atoms with E-state index in [1.807, 2.05) is 51.4 Å². The molecule has 0 heterocycles. The van der Waals surface area contributed by atoms with E-state index in [1.165, 1.54) is 5.56 Å². The molecule has 4 nitrogen and oxygen atoms in total. The summed E-state index contributed by atoms with van der Waals surface area (Å²) >= 11 is 0. The highest BCUT2D eigenvalue weighted by Gasteiger charge is 1.97. The van der Waals surface area contributed by atoms with E-state index in [-0.39, 0.29) is 6.03 Å². The van der Waals surface area contributed by atoms with Gasteiger partial charge in [0.1, 0.15) is 0 Å². The Labute approximate surface area is 115 Å². The van der Waals surface area contributed by atoms with Gasteiger partial charge in [-0.25, -0.2) is 4.79 Å². The molecule has 104 valence electrons. The number of nitrogens with one attached hydrogen (secondary N) is 2. The van der Waals surface area contributed by atoms with Crippen molar-refractivity contribution < 1.29 is 4.79 Å². The SMILES string of the molecule is Cc1ccccc1/C=C/NC(=O)NCCCN(C)C. The molecule has 0 saturated heterocycles. The van der Waals surface area contributed by atoms with Crippen LogP contribution < -0.4 is 10.6 Å². The molecule has 19 heavy (non-hydrogen) atoms. The van der Waals surface area contributed by atoms with Crippen molar-refractivity contribution >= 4 is 12.1 Å². The molecular formula is C15H23N3O. The van der Waals surface area contributed by atoms with Crippen LogP contribution in [0.3, 0.4) is 0 Å². The summed E-state index contributed by atoms with van der Waals surface area (Å²) in [7, 11) is 4.04. The van der Waals surface area contributed by atoms with Crippen LogP contribution in [0, 0.1) is 6.92 Å². The van der Waals surface area contributed by atoms with Gasteiger partial charge < -0.3 is 15.5 Å².